The van der Waals surface area contributed by atoms with Crippen molar-refractivity contribution >= 4 is 5.91 Å². The van der Waals surface area contributed by atoms with Crippen LogP contribution in [-0.2, 0) is 0 Å². The van der Waals surface area contributed by atoms with Gasteiger partial charge in [-0.15, -0.1) is 0 Å². The fourth-order valence-electron chi connectivity index (χ4n) is 3.44. The summed E-state index contributed by atoms with van der Waals surface area (Å²) in [5.41, 5.74) is 0.706. The Kier molecular flexibility index (Phi) is 4.26. The number of nitrogens with one attached hydrogen (secondary N) is 2. The van der Waals surface area contributed by atoms with Crippen molar-refractivity contribution in [1.29, 1.82) is 0 Å². The highest BCUT2D eigenvalue weighted by Gasteiger charge is 2.39. The van der Waals surface area contributed by atoms with Gasteiger partial charge < -0.3 is 20.3 Å². The molecule has 1 aromatic rings. The Bertz CT molecular complexity index is 490. The molecular weight excluding hydrogens is 270 g/mol. The molecule has 0 aromatic carbocycles. The van der Waals surface area contributed by atoms with Gasteiger partial charge >= 0.3 is 0 Å². The van der Waals surface area contributed by atoms with E-state index in [0.29, 0.717) is 17.5 Å². The lowest BCUT2D eigenvalue weighted by Crippen LogP contribution is -2.52. The summed E-state index contributed by atoms with van der Waals surface area (Å²) in [6.07, 6.45) is 3.48. The van der Waals surface area contributed by atoms with E-state index in [9.17, 15) is 9.90 Å². The number of hydrogen-bond acceptors (Lipinski definition) is 5. The first kappa shape index (κ1) is 14.5. The third kappa shape index (κ3) is 3.27. The van der Waals surface area contributed by atoms with Gasteiger partial charge in [0, 0.05) is 12.1 Å². The van der Waals surface area contributed by atoms with Gasteiger partial charge in [-0.3, -0.25) is 4.79 Å². The summed E-state index contributed by atoms with van der Waals surface area (Å²) in [6, 6.07) is 1.78. The number of amides is 1. The van der Waals surface area contributed by atoms with E-state index in [-0.39, 0.29) is 23.8 Å². The highest BCUT2D eigenvalue weighted by atomic mass is 16.5. The Morgan fingerprint density at radius 2 is 2.14 bits per heavy atom. The molecule has 1 aliphatic heterocycles. The molecule has 0 bridgehead atoms. The number of rotatable bonds is 4. The van der Waals surface area contributed by atoms with E-state index in [1.165, 1.54) is 0 Å². The fourth-order valence-corrected chi connectivity index (χ4v) is 3.44. The van der Waals surface area contributed by atoms with Crippen molar-refractivity contribution in [3.63, 3.8) is 0 Å². The summed E-state index contributed by atoms with van der Waals surface area (Å²) in [7, 11) is 0. The molecule has 0 unspecified atom stereocenters. The number of aliphatic hydroxyl groups excluding tert-OH is 1. The number of piperidine rings is 1. The van der Waals surface area contributed by atoms with Crippen molar-refractivity contribution in [1.82, 2.24) is 15.8 Å². The number of aliphatic hydroxyl groups is 1. The Morgan fingerprint density at radius 1 is 1.43 bits per heavy atom. The third-order valence-corrected chi connectivity index (χ3v) is 4.70. The monoisotopic (exact) mass is 293 g/mol. The van der Waals surface area contributed by atoms with Crippen molar-refractivity contribution in [3.8, 4) is 0 Å². The van der Waals surface area contributed by atoms with Crippen molar-refractivity contribution < 1.29 is 14.4 Å². The molecule has 0 radical (unpaired) electrons. The van der Waals surface area contributed by atoms with E-state index < -0.39 is 0 Å². The second-order valence-corrected chi connectivity index (χ2v) is 6.30. The Morgan fingerprint density at radius 3 is 2.71 bits per heavy atom. The molecule has 3 rings (SSSR count). The number of aromatic nitrogens is 1. The van der Waals surface area contributed by atoms with Crippen LogP contribution in [0, 0.1) is 18.8 Å². The van der Waals surface area contributed by atoms with Crippen LogP contribution < -0.4 is 10.6 Å². The van der Waals surface area contributed by atoms with Crippen LogP contribution >= 0.6 is 0 Å². The number of carbonyl (C=O) groups is 1. The summed E-state index contributed by atoms with van der Waals surface area (Å²) < 4.78 is 5.04. The van der Waals surface area contributed by atoms with Gasteiger partial charge in [-0.05, 0) is 57.5 Å². The summed E-state index contributed by atoms with van der Waals surface area (Å²) in [5.74, 6) is 0.916. The van der Waals surface area contributed by atoms with Gasteiger partial charge in [0.15, 0.2) is 0 Å². The maximum absolute atomic E-state index is 12.3. The van der Waals surface area contributed by atoms with Gasteiger partial charge in [-0.1, -0.05) is 5.16 Å². The van der Waals surface area contributed by atoms with Crippen LogP contribution in [0.2, 0.25) is 0 Å². The molecule has 1 amide bonds. The number of nitrogens with zero attached hydrogens (tertiary/aromatic N) is 1. The summed E-state index contributed by atoms with van der Waals surface area (Å²) in [4.78, 5) is 12.3. The predicted molar refractivity (Wildman–Crippen MR) is 76.8 cm³/mol. The molecule has 1 saturated heterocycles. The van der Waals surface area contributed by atoms with Crippen molar-refractivity contribution in [2.24, 2.45) is 11.8 Å². The molecule has 21 heavy (non-hydrogen) atoms. The van der Waals surface area contributed by atoms with Gasteiger partial charge in [0.1, 0.15) is 0 Å². The number of hydrogen-bond donors (Lipinski definition) is 3. The van der Waals surface area contributed by atoms with Gasteiger partial charge in [0.2, 0.25) is 5.76 Å². The van der Waals surface area contributed by atoms with E-state index in [4.69, 9.17) is 4.52 Å². The van der Waals surface area contributed by atoms with Crippen LogP contribution in [0.25, 0.3) is 0 Å². The average Bonchev–Trinajstić information content (AvgIpc) is 2.89. The molecule has 2 aliphatic rings. The first-order chi connectivity index (χ1) is 10.1. The molecule has 6 nitrogen and oxygen atoms in total. The molecule has 2 fully saturated rings. The molecule has 3 N–H and O–H groups in total. The van der Waals surface area contributed by atoms with Gasteiger partial charge in [0.25, 0.3) is 5.91 Å². The quantitative estimate of drug-likeness (QED) is 0.766. The minimum Gasteiger partial charge on any atom is -0.393 e. The standard InChI is InChI=1S/C15H23N3O3/c1-9-6-13(21-18-9)15(20)17-14(11-7-12(19)8-11)10-2-4-16-5-3-10/h6,10-12,14,16,19H,2-5,7-8H2,1H3,(H,17,20)/t11?,12?,14-/m0/s1. The average molecular weight is 293 g/mol. The Balaban J connectivity index is 1.67. The molecule has 1 aliphatic carbocycles. The first-order valence-corrected chi connectivity index (χ1v) is 7.76. The molecule has 116 valence electrons. The smallest absolute Gasteiger partial charge is 0.290 e. The van der Waals surface area contributed by atoms with Crippen LogP contribution in [0.3, 0.4) is 0 Å². The zero-order valence-electron chi connectivity index (χ0n) is 12.3. The maximum atomic E-state index is 12.3. The van der Waals surface area contributed by atoms with E-state index in [1.54, 1.807) is 13.0 Å². The van der Waals surface area contributed by atoms with Gasteiger partial charge in [0.05, 0.1) is 11.8 Å². The van der Waals surface area contributed by atoms with E-state index in [0.717, 1.165) is 38.8 Å². The molecule has 1 aromatic heterocycles. The Labute approximate surface area is 124 Å². The van der Waals surface area contributed by atoms with E-state index >= 15 is 0 Å². The molecular formula is C15H23N3O3. The zero-order valence-corrected chi connectivity index (χ0v) is 12.3. The lowest BCUT2D eigenvalue weighted by Gasteiger charge is -2.42. The minimum absolute atomic E-state index is 0.119. The highest BCUT2D eigenvalue weighted by molar-refractivity contribution is 5.91. The third-order valence-electron chi connectivity index (χ3n) is 4.70. The predicted octanol–water partition coefficient (Wildman–Crippen LogP) is 0.852. The fraction of sp³-hybridized carbons (Fsp3) is 0.733. The first-order valence-electron chi connectivity index (χ1n) is 7.76. The topological polar surface area (TPSA) is 87.4 Å². The lowest BCUT2D eigenvalue weighted by molar-refractivity contribution is 0.00881. The molecule has 1 saturated carbocycles. The number of carbonyl (C=O) groups excluding carboxylic acids is 1. The van der Waals surface area contributed by atoms with Crippen LogP contribution in [-0.4, -0.2) is 41.4 Å². The van der Waals surface area contributed by atoms with Gasteiger partial charge in [-0.2, -0.15) is 0 Å². The van der Waals surface area contributed by atoms with Crippen molar-refractivity contribution in [2.75, 3.05) is 13.1 Å². The molecule has 6 heteroatoms. The van der Waals surface area contributed by atoms with E-state index in [1.807, 2.05) is 0 Å². The van der Waals surface area contributed by atoms with Crippen LogP contribution in [0.15, 0.2) is 10.6 Å². The lowest BCUT2D eigenvalue weighted by atomic mass is 9.71. The largest absolute Gasteiger partial charge is 0.393 e. The Hall–Kier alpha value is -1.40. The number of aryl methyl sites for hydroxylation is 1. The summed E-state index contributed by atoms with van der Waals surface area (Å²) in [6.45, 7) is 3.79. The van der Waals surface area contributed by atoms with Gasteiger partial charge in [-0.25, -0.2) is 0 Å². The zero-order chi connectivity index (χ0) is 14.8. The minimum atomic E-state index is -0.205. The highest BCUT2D eigenvalue weighted by Crippen LogP contribution is 2.35. The summed E-state index contributed by atoms with van der Waals surface area (Å²) >= 11 is 0. The maximum Gasteiger partial charge on any atom is 0.290 e. The molecule has 2 heterocycles. The van der Waals surface area contributed by atoms with Crippen LogP contribution in [0.1, 0.15) is 41.9 Å². The van der Waals surface area contributed by atoms with Crippen LogP contribution in [0.4, 0.5) is 0 Å². The SMILES string of the molecule is Cc1cc(C(=O)N[C@@H](C2CCNCC2)C2CC(O)C2)on1. The van der Waals surface area contributed by atoms with E-state index in [2.05, 4.69) is 15.8 Å². The van der Waals surface area contributed by atoms with Crippen LogP contribution in [0.5, 0.6) is 0 Å². The second-order valence-electron chi connectivity index (χ2n) is 6.30. The van der Waals surface area contributed by atoms with Crippen molar-refractivity contribution in [3.05, 3.63) is 17.5 Å². The molecule has 0 spiro atoms. The van der Waals surface area contributed by atoms with Crippen molar-refractivity contribution in [2.45, 2.75) is 44.8 Å². The normalized spacial score (nSPS) is 27.9. The second kappa shape index (κ2) is 6.15. The summed E-state index contributed by atoms with van der Waals surface area (Å²) in [5, 5.41) is 19.8. The molecule has 1 atom stereocenters.